The minimum absolute atomic E-state index is 0.593. The van der Waals surface area contributed by atoms with Gasteiger partial charge >= 0.3 is 0 Å². The Morgan fingerprint density at radius 2 is 2.29 bits per heavy atom. The minimum atomic E-state index is 0.593. The molecule has 2 rings (SSSR count). The lowest BCUT2D eigenvalue weighted by molar-refractivity contribution is 0.499. The summed E-state index contributed by atoms with van der Waals surface area (Å²) in [6, 6.07) is 0. The number of aryl methyl sites for hydroxylation is 2. The van der Waals surface area contributed by atoms with Gasteiger partial charge in [0.05, 0.1) is 5.69 Å². The molecule has 1 heterocycles. The maximum Gasteiger partial charge on any atom is 0.0638 e. The van der Waals surface area contributed by atoms with Crippen LogP contribution >= 0.6 is 0 Å². The van der Waals surface area contributed by atoms with Gasteiger partial charge in [0, 0.05) is 31.9 Å². The molecule has 3 heteroatoms. The summed E-state index contributed by atoms with van der Waals surface area (Å²) >= 11 is 0. The quantitative estimate of drug-likeness (QED) is 0.787. The summed E-state index contributed by atoms with van der Waals surface area (Å²) < 4.78 is 1.88. The van der Waals surface area contributed by atoms with Crippen molar-refractivity contribution in [3.63, 3.8) is 0 Å². The lowest BCUT2D eigenvalue weighted by Crippen LogP contribution is -2.21. The normalized spacial score (nSPS) is 18.5. The van der Waals surface area contributed by atoms with Crippen molar-refractivity contribution in [2.45, 2.75) is 33.2 Å². The summed E-state index contributed by atoms with van der Waals surface area (Å²) in [4.78, 5) is 0. The minimum Gasteiger partial charge on any atom is -0.312 e. The maximum atomic E-state index is 4.32. The number of nitrogens with one attached hydrogen (secondary N) is 1. The Kier molecular flexibility index (Phi) is 2.35. The van der Waals surface area contributed by atoms with Gasteiger partial charge in [0.15, 0.2) is 0 Å². The van der Waals surface area contributed by atoms with Crippen LogP contribution in [-0.4, -0.2) is 16.3 Å². The zero-order valence-corrected chi connectivity index (χ0v) is 9.30. The zero-order chi connectivity index (χ0) is 10.2. The molecule has 0 radical (unpaired) electrons. The Morgan fingerprint density at radius 1 is 1.57 bits per heavy atom. The van der Waals surface area contributed by atoms with Gasteiger partial charge in [0.25, 0.3) is 0 Å². The first-order valence-electron chi connectivity index (χ1n) is 5.29. The first kappa shape index (κ1) is 9.71. The predicted octanol–water partition coefficient (Wildman–Crippen LogP) is 1.62. The Balaban J connectivity index is 1.82. The molecule has 1 fully saturated rings. The number of nitrogens with zero attached hydrogens (tertiary/aromatic N) is 2. The van der Waals surface area contributed by atoms with Crippen molar-refractivity contribution in [3.05, 3.63) is 17.5 Å². The number of aromatic nitrogens is 2. The molecule has 78 valence electrons. The van der Waals surface area contributed by atoms with Crippen LogP contribution in [0.15, 0.2) is 6.20 Å². The molecule has 1 saturated carbocycles. The predicted molar refractivity (Wildman–Crippen MR) is 57.0 cm³/mol. The Morgan fingerprint density at radius 3 is 2.79 bits per heavy atom. The van der Waals surface area contributed by atoms with Crippen molar-refractivity contribution in [2.24, 2.45) is 12.5 Å². The van der Waals surface area contributed by atoms with Crippen LogP contribution in [0.25, 0.3) is 0 Å². The van der Waals surface area contributed by atoms with Crippen molar-refractivity contribution in [3.8, 4) is 0 Å². The summed E-state index contributed by atoms with van der Waals surface area (Å²) in [5.41, 5.74) is 3.05. The monoisotopic (exact) mass is 193 g/mol. The molecule has 0 unspecified atom stereocenters. The zero-order valence-electron chi connectivity index (χ0n) is 9.30. The van der Waals surface area contributed by atoms with Crippen LogP contribution in [0, 0.1) is 12.3 Å². The molecule has 0 spiro atoms. The first-order chi connectivity index (χ1) is 6.59. The van der Waals surface area contributed by atoms with E-state index >= 15 is 0 Å². The topological polar surface area (TPSA) is 29.9 Å². The number of hydrogen-bond donors (Lipinski definition) is 1. The van der Waals surface area contributed by atoms with Gasteiger partial charge in [0.2, 0.25) is 0 Å². The second kappa shape index (κ2) is 3.39. The van der Waals surface area contributed by atoms with Crippen LogP contribution in [0.2, 0.25) is 0 Å². The van der Waals surface area contributed by atoms with Crippen molar-refractivity contribution in [1.29, 1.82) is 0 Å². The van der Waals surface area contributed by atoms with E-state index in [0.717, 1.165) is 18.8 Å². The first-order valence-corrected chi connectivity index (χ1v) is 5.29. The molecule has 1 aliphatic rings. The molecular formula is C11H19N3. The fraction of sp³-hybridized carbons (Fsp3) is 0.727. The van der Waals surface area contributed by atoms with Gasteiger partial charge in [-0.25, -0.2) is 0 Å². The molecule has 1 N–H and O–H groups in total. The molecule has 1 aliphatic carbocycles. The third-order valence-electron chi connectivity index (χ3n) is 3.09. The molecule has 3 nitrogen and oxygen atoms in total. The number of hydrogen-bond acceptors (Lipinski definition) is 2. The molecular weight excluding hydrogens is 174 g/mol. The molecule has 0 saturated heterocycles. The van der Waals surface area contributed by atoms with E-state index in [1.165, 1.54) is 18.4 Å². The standard InChI is InChI=1S/C11H19N3/c1-9-10(7-14(3)13-9)6-12-8-11(2)4-5-11/h7,12H,4-6,8H2,1-3H3. The second-order valence-electron chi connectivity index (χ2n) is 4.83. The highest BCUT2D eigenvalue weighted by Gasteiger charge is 2.36. The fourth-order valence-electron chi connectivity index (χ4n) is 1.71. The van der Waals surface area contributed by atoms with Crippen molar-refractivity contribution in [1.82, 2.24) is 15.1 Å². The van der Waals surface area contributed by atoms with Crippen LogP contribution in [0.3, 0.4) is 0 Å². The molecule has 0 bridgehead atoms. The van der Waals surface area contributed by atoms with E-state index in [2.05, 4.69) is 30.5 Å². The van der Waals surface area contributed by atoms with Gasteiger partial charge in [0.1, 0.15) is 0 Å². The van der Waals surface area contributed by atoms with Crippen LogP contribution < -0.4 is 5.32 Å². The Hall–Kier alpha value is -0.830. The van der Waals surface area contributed by atoms with Crippen LogP contribution in [-0.2, 0) is 13.6 Å². The average Bonchev–Trinajstić information content (AvgIpc) is 2.73. The van der Waals surface area contributed by atoms with Crippen molar-refractivity contribution >= 4 is 0 Å². The van der Waals surface area contributed by atoms with Crippen molar-refractivity contribution < 1.29 is 0 Å². The van der Waals surface area contributed by atoms with E-state index < -0.39 is 0 Å². The van der Waals surface area contributed by atoms with Gasteiger partial charge < -0.3 is 5.32 Å². The summed E-state index contributed by atoms with van der Waals surface area (Å²) in [6.07, 6.45) is 4.86. The number of rotatable bonds is 4. The van der Waals surface area contributed by atoms with Gasteiger partial charge in [-0.3, -0.25) is 4.68 Å². The third-order valence-corrected chi connectivity index (χ3v) is 3.09. The van der Waals surface area contributed by atoms with E-state index in [9.17, 15) is 0 Å². The summed E-state index contributed by atoms with van der Waals surface area (Å²) in [7, 11) is 1.97. The molecule has 0 atom stereocenters. The van der Waals surface area contributed by atoms with Gasteiger partial charge in [-0.15, -0.1) is 0 Å². The fourth-order valence-corrected chi connectivity index (χ4v) is 1.71. The molecule has 1 aromatic rings. The van der Waals surface area contributed by atoms with E-state index in [-0.39, 0.29) is 0 Å². The third kappa shape index (κ3) is 2.15. The average molecular weight is 193 g/mol. The molecule has 1 aromatic heterocycles. The highest BCUT2D eigenvalue weighted by Crippen LogP contribution is 2.44. The largest absolute Gasteiger partial charge is 0.312 e. The smallest absolute Gasteiger partial charge is 0.0638 e. The van der Waals surface area contributed by atoms with E-state index in [1.807, 2.05) is 11.7 Å². The lowest BCUT2D eigenvalue weighted by atomic mass is 10.1. The van der Waals surface area contributed by atoms with E-state index in [1.54, 1.807) is 0 Å². The summed E-state index contributed by atoms with van der Waals surface area (Å²) in [6.45, 7) is 6.50. The summed E-state index contributed by atoms with van der Waals surface area (Å²) in [5, 5.41) is 7.82. The van der Waals surface area contributed by atoms with Crippen LogP contribution in [0.1, 0.15) is 31.0 Å². The SMILES string of the molecule is Cc1nn(C)cc1CNCC1(C)CC1. The van der Waals surface area contributed by atoms with E-state index in [4.69, 9.17) is 0 Å². The van der Waals surface area contributed by atoms with Gasteiger partial charge in [-0.05, 0) is 25.2 Å². The van der Waals surface area contributed by atoms with Gasteiger partial charge in [-0.2, -0.15) is 5.10 Å². The molecule has 0 aliphatic heterocycles. The Labute approximate surface area is 85.5 Å². The molecule has 0 aromatic carbocycles. The van der Waals surface area contributed by atoms with Crippen LogP contribution in [0.5, 0.6) is 0 Å². The summed E-state index contributed by atoms with van der Waals surface area (Å²) in [5.74, 6) is 0. The van der Waals surface area contributed by atoms with E-state index in [0.29, 0.717) is 5.41 Å². The molecule has 14 heavy (non-hydrogen) atoms. The Bertz CT molecular complexity index is 323. The highest BCUT2D eigenvalue weighted by molar-refractivity contribution is 5.14. The molecule has 0 amide bonds. The lowest BCUT2D eigenvalue weighted by Gasteiger charge is -2.08. The maximum absolute atomic E-state index is 4.32. The van der Waals surface area contributed by atoms with Gasteiger partial charge in [-0.1, -0.05) is 6.92 Å². The highest BCUT2D eigenvalue weighted by atomic mass is 15.2. The van der Waals surface area contributed by atoms with Crippen molar-refractivity contribution in [2.75, 3.05) is 6.54 Å². The second-order valence-corrected chi connectivity index (χ2v) is 4.83. The van der Waals surface area contributed by atoms with Crippen LogP contribution in [0.4, 0.5) is 0 Å².